The quantitative estimate of drug-likeness (QED) is 0.842. The lowest BCUT2D eigenvalue weighted by atomic mass is 9.79. The molecule has 20 heavy (non-hydrogen) atoms. The fraction of sp³-hybridized carbons (Fsp3) is 0.294. The first-order valence-corrected chi connectivity index (χ1v) is 7.60. The summed E-state index contributed by atoms with van der Waals surface area (Å²) >= 11 is 12.1. The van der Waals surface area contributed by atoms with Gasteiger partial charge in [0.15, 0.2) is 0 Å². The molecule has 1 N–H and O–H groups in total. The van der Waals surface area contributed by atoms with E-state index < -0.39 is 6.10 Å². The third-order valence-electron chi connectivity index (χ3n) is 4.11. The number of fused-ring (bicyclic) bond motifs is 1. The van der Waals surface area contributed by atoms with Crippen LogP contribution in [0.5, 0.6) is 0 Å². The van der Waals surface area contributed by atoms with Gasteiger partial charge in [0.05, 0.1) is 6.10 Å². The fourth-order valence-corrected chi connectivity index (χ4v) is 3.51. The van der Waals surface area contributed by atoms with Crippen molar-refractivity contribution in [2.24, 2.45) is 5.92 Å². The van der Waals surface area contributed by atoms with E-state index in [0.29, 0.717) is 10.0 Å². The van der Waals surface area contributed by atoms with Gasteiger partial charge in [-0.1, -0.05) is 53.5 Å². The Morgan fingerprint density at radius 2 is 1.80 bits per heavy atom. The maximum absolute atomic E-state index is 10.6. The molecular formula is C17H16Cl2O. The number of aliphatic hydroxyl groups excluding tert-OH is 1. The van der Waals surface area contributed by atoms with Crippen LogP contribution in [0.25, 0.3) is 0 Å². The number of aryl methyl sites for hydroxylation is 1. The second-order valence-corrected chi connectivity index (χ2v) is 6.23. The summed E-state index contributed by atoms with van der Waals surface area (Å²) in [7, 11) is 0. The molecule has 104 valence electrons. The summed E-state index contributed by atoms with van der Waals surface area (Å²) in [6.45, 7) is 0. The molecule has 0 aliphatic heterocycles. The van der Waals surface area contributed by atoms with Gasteiger partial charge >= 0.3 is 0 Å². The predicted molar refractivity (Wildman–Crippen MR) is 83.4 cm³/mol. The van der Waals surface area contributed by atoms with Crippen molar-refractivity contribution in [2.75, 3.05) is 0 Å². The van der Waals surface area contributed by atoms with Crippen molar-refractivity contribution in [3.8, 4) is 0 Å². The summed E-state index contributed by atoms with van der Waals surface area (Å²) in [4.78, 5) is 0. The van der Waals surface area contributed by atoms with E-state index in [-0.39, 0.29) is 5.92 Å². The van der Waals surface area contributed by atoms with Gasteiger partial charge < -0.3 is 5.11 Å². The summed E-state index contributed by atoms with van der Waals surface area (Å²) in [5.41, 5.74) is 3.52. The molecule has 2 aromatic carbocycles. The summed E-state index contributed by atoms with van der Waals surface area (Å²) in [5, 5.41) is 11.8. The molecule has 1 aliphatic carbocycles. The van der Waals surface area contributed by atoms with E-state index in [2.05, 4.69) is 24.3 Å². The number of hydrogen-bond donors (Lipinski definition) is 1. The highest BCUT2D eigenvalue weighted by atomic mass is 35.5. The minimum absolute atomic E-state index is 0.212. The van der Waals surface area contributed by atoms with Crippen LogP contribution in [0.4, 0.5) is 0 Å². The summed E-state index contributed by atoms with van der Waals surface area (Å²) in [6.07, 6.45) is 2.37. The van der Waals surface area contributed by atoms with Crippen LogP contribution in [-0.4, -0.2) is 5.11 Å². The van der Waals surface area contributed by atoms with Gasteiger partial charge in [0.1, 0.15) is 0 Å². The summed E-state index contributed by atoms with van der Waals surface area (Å²) < 4.78 is 0. The molecule has 0 saturated heterocycles. The first kappa shape index (κ1) is 13.9. The summed E-state index contributed by atoms with van der Waals surface area (Å²) in [6, 6.07) is 13.8. The number of hydrogen-bond acceptors (Lipinski definition) is 1. The van der Waals surface area contributed by atoms with Crippen LogP contribution in [0.2, 0.25) is 10.0 Å². The van der Waals surface area contributed by atoms with E-state index in [1.165, 1.54) is 11.1 Å². The van der Waals surface area contributed by atoms with Gasteiger partial charge in [-0.05, 0) is 54.0 Å². The van der Waals surface area contributed by atoms with Crippen molar-refractivity contribution in [2.45, 2.75) is 25.4 Å². The number of rotatable bonds is 2. The minimum atomic E-state index is -0.534. The van der Waals surface area contributed by atoms with Gasteiger partial charge in [0.25, 0.3) is 0 Å². The van der Waals surface area contributed by atoms with E-state index >= 15 is 0 Å². The Balaban J connectivity index is 1.84. The zero-order valence-corrected chi connectivity index (χ0v) is 12.5. The molecule has 2 aromatic rings. The SMILES string of the molecule is OC(c1ccc(Cl)cc1Cl)C1CCc2ccccc2C1. The smallest absolute Gasteiger partial charge is 0.0835 e. The molecule has 0 bridgehead atoms. The molecule has 0 amide bonds. The predicted octanol–water partition coefficient (Wildman–Crippen LogP) is 4.83. The van der Waals surface area contributed by atoms with E-state index in [1.807, 2.05) is 6.07 Å². The van der Waals surface area contributed by atoms with Crippen molar-refractivity contribution in [3.05, 3.63) is 69.2 Å². The normalized spacial score (nSPS) is 19.4. The average Bonchev–Trinajstić information content (AvgIpc) is 2.46. The van der Waals surface area contributed by atoms with Crippen LogP contribution in [0, 0.1) is 5.92 Å². The van der Waals surface area contributed by atoms with Gasteiger partial charge in [0, 0.05) is 10.0 Å². The Bertz CT molecular complexity index is 624. The molecule has 0 heterocycles. The Morgan fingerprint density at radius 1 is 1.05 bits per heavy atom. The van der Waals surface area contributed by atoms with Crippen molar-refractivity contribution in [3.63, 3.8) is 0 Å². The topological polar surface area (TPSA) is 20.2 Å². The second-order valence-electron chi connectivity index (χ2n) is 5.38. The first-order chi connectivity index (χ1) is 9.65. The molecule has 0 radical (unpaired) electrons. The number of halogens is 2. The minimum Gasteiger partial charge on any atom is -0.388 e. The molecule has 1 nitrogen and oxygen atoms in total. The van der Waals surface area contributed by atoms with Gasteiger partial charge in [-0.2, -0.15) is 0 Å². The Kier molecular flexibility index (Phi) is 4.02. The highest BCUT2D eigenvalue weighted by Gasteiger charge is 2.27. The van der Waals surface area contributed by atoms with Crippen LogP contribution in [-0.2, 0) is 12.8 Å². The van der Waals surface area contributed by atoms with Gasteiger partial charge in [-0.3, -0.25) is 0 Å². The Hall–Kier alpha value is -1.02. The molecule has 2 unspecified atom stereocenters. The maximum atomic E-state index is 10.6. The first-order valence-electron chi connectivity index (χ1n) is 6.85. The molecule has 1 aliphatic rings. The molecule has 0 fully saturated rings. The lowest BCUT2D eigenvalue weighted by molar-refractivity contribution is 0.0996. The maximum Gasteiger partial charge on any atom is 0.0835 e. The lowest BCUT2D eigenvalue weighted by Gasteiger charge is -2.29. The molecule has 2 atom stereocenters. The second kappa shape index (κ2) is 5.77. The van der Waals surface area contributed by atoms with E-state index in [0.717, 1.165) is 24.8 Å². The molecule has 0 aromatic heterocycles. The number of aliphatic hydroxyl groups is 1. The highest BCUT2D eigenvalue weighted by molar-refractivity contribution is 6.35. The van der Waals surface area contributed by atoms with Crippen molar-refractivity contribution in [1.82, 2.24) is 0 Å². The van der Waals surface area contributed by atoms with Gasteiger partial charge in [-0.25, -0.2) is 0 Å². The zero-order chi connectivity index (χ0) is 14.1. The molecule has 0 spiro atoms. The van der Waals surface area contributed by atoms with Crippen molar-refractivity contribution in [1.29, 1.82) is 0 Å². The van der Waals surface area contributed by atoms with Crippen molar-refractivity contribution >= 4 is 23.2 Å². The molecular weight excluding hydrogens is 291 g/mol. The van der Waals surface area contributed by atoms with Crippen LogP contribution >= 0.6 is 23.2 Å². The van der Waals surface area contributed by atoms with E-state index in [4.69, 9.17) is 23.2 Å². The van der Waals surface area contributed by atoms with Crippen LogP contribution in [0.15, 0.2) is 42.5 Å². The molecule has 3 rings (SSSR count). The Morgan fingerprint density at radius 3 is 2.55 bits per heavy atom. The summed E-state index contributed by atoms with van der Waals surface area (Å²) in [5.74, 6) is 0.212. The lowest BCUT2D eigenvalue weighted by Crippen LogP contribution is -2.21. The average molecular weight is 307 g/mol. The third kappa shape index (κ3) is 2.71. The highest BCUT2D eigenvalue weighted by Crippen LogP contribution is 2.37. The Labute approximate surface area is 129 Å². The van der Waals surface area contributed by atoms with Crippen LogP contribution in [0.3, 0.4) is 0 Å². The third-order valence-corrected chi connectivity index (χ3v) is 4.68. The van der Waals surface area contributed by atoms with Gasteiger partial charge in [0.2, 0.25) is 0 Å². The fourth-order valence-electron chi connectivity index (χ4n) is 2.99. The zero-order valence-electron chi connectivity index (χ0n) is 11.0. The molecule has 0 saturated carbocycles. The monoisotopic (exact) mass is 306 g/mol. The largest absolute Gasteiger partial charge is 0.388 e. The van der Waals surface area contributed by atoms with Crippen LogP contribution in [0.1, 0.15) is 29.2 Å². The molecule has 3 heteroatoms. The van der Waals surface area contributed by atoms with E-state index in [1.54, 1.807) is 12.1 Å². The van der Waals surface area contributed by atoms with Gasteiger partial charge in [-0.15, -0.1) is 0 Å². The van der Waals surface area contributed by atoms with Crippen molar-refractivity contribution < 1.29 is 5.11 Å². The number of benzene rings is 2. The standard InChI is InChI=1S/C17H16Cl2O/c18-14-7-8-15(16(19)10-14)17(20)13-6-5-11-3-1-2-4-12(11)9-13/h1-4,7-8,10,13,17,20H,5-6,9H2. The van der Waals surface area contributed by atoms with E-state index in [9.17, 15) is 5.11 Å². The van der Waals surface area contributed by atoms with Crippen LogP contribution < -0.4 is 0 Å².